The Morgan fingerprint density at radius 1 is 1.32 bits per heavy atom. The van der Waals surface area contributed by atoms with E-state index in [-0.39, 0.29) is 0 Å². The van der Waals surface area contributed by atoms with Gasteiger partial charge in [-0.3, -0.25) is 4.98 Å². The summed E-state index contributed by atoms with van der Waals surface area (Å²) in [7, 11) is 0. The van der Waals surface area contributed by atoms with Crippen molar-refractivity contribution in [2.24, 2.45) is 11.8 Å². The molecule has 1 saturated heterocycles. The van der Waals surface area contributed by atoms with Crippen LogP contribution >= 0.6 is 0 Å². The molecule has 1 aliphatic carbocycles. The Hall–Kier alpha value is -1.75. The number of aromatic nitrogens is 3. The largest absolute Gasteiger partial charge is 0.339 e. The van der Waals surface area contributed by atoms with E-state index in [1.807, 2.05) is 18.3 Å². The van der Waals surface area contributed by atoms with Crippen LogP contribution in [-0.2, 0) is 6.42 Å². The van der Waals surface area contributed by atoms with E-state index < -0.39 is 0 Å². The second-order valence-corrected chi connectivity index (χ2v) is 6.45. The molecule has 1 N–H and O–H groups in total. The van der Waals surface area contributed by atoms with Gasteiger partial charge in [-0.05, 0) is 68.3 Å². The van der Waals surface area contributed by atoms with Crippen molar-refractivity contribution in [3.63, 3.8) is 0 Å². The van der Waals surface area contributed by atoms with Crippen molar-refractivity contribution in [2.45, 2.75) is 38.5 Å². The van der Waals surface area contributed by atoms with Gasteiger partial charge in [0.15, 0.2) is 0 Å². The summed E-state index contributed by atoms with van der Waals surface area (Å²) in [6, 6.07) is 4.07. The first-order valence-corrected chi connectivity index (χ1v) is 8.34. The van der Waals surface area contributed by atoms with Crippen LogP contribution in [0.3, 0.4) is 0 Å². The van der Waals surface area contributed by atoms with Gasteiger partial charge in [0.1, 0.15) is 5.69 Å². The third kappa shape index (κ3) is 2.65. The molecule has 5 nitrogen and oxygen atoms in total. The summed E-state index contributed by atoms with van der Waals surface area (Å²) in [5.41, 5.74) is 2.06. The van der Waals surface area contributed by atoms with Gasteiger partial charge in [-0.2, -0.15) is 4.98 Å². The normalized spacial score (nSPS) is 25.3. The Morgan fingerprint density at radius 2 is 2.18 bits per heavy atom. The van der Waals surface area contributed by atoms with Crippen LogP contribution < -0.4 is 5.32 Å². The maximum Gasteiger partial charge on any atom is 0.230 e. The van der Waals surface area contributed by atoms with Gasteiger partial charge in [-0.15, -0.1) is 0 Å². The molecule has 0 bridgehead atoms. The van der Waals surface area contributed by atoms with E-state index >= 15 is 0 Å². The number of rotatable bonds is 4. The molecular weight excluding hydrogens is 276 g/mol. The predicted molar refractivity (Wildman–Crippen MR) is 83.3 cm³/mol. The van der Waals surface area contributed by atoms with Crippen LogP contribution in [0.4, 0.5) is 0 Å². The number of nitrogens with one attached hydrogen (secondary N) is 1. The summed E-state index contributed by atoms with van der Waals surface area (Å²) in [6.07, 6.45) is 6.57. The number of aryl methyl sites for hydroxylation is 1. The number of pyridine rings is 1. The fourth-order valence-corrected chi connectivity index (χ4v) is 3.60. The standard InChI is InChI=1S/C17H22N4O/c1-2-11-3-8-19-15(9-11)16-20-17(22-21-16)14-10-13(14)12-4-6-18-7-5-12/h3,8-9,12-14,18H,2,4-7,10H2,1H3/t13-,14+/m0/s1. The molecule has 1 saturated carbocycles. The van der Waals surface area contributed by atoms with Crippen LogP contribution in [0.1, 0.15) is 43.6 Å². The number of nitrogens with zero attached hydrogens (tertiary/aromatic N) is 3. The lowest BCUT2D eigenvalue weighted by Crippen LogP contribution is -2.28. The van der Waals surface area contributed by atoms with Gasteiger partial charge in [0.2, 0.25) is 11.7 Å². The average molecular weight is 298 g/mol. The number of piperidine rings is 1. The van der Waals surface area contributed by atoms with E-state index in [4.69, 9.17) is 4.52 Å². The van der Waals surface area contributed by atoms with E-state index in [1.54, 1.807) is 0 Å². The van der Waals surface area contributed by atoms with E-state index in [2.05, 4.69) is 27.4 Å². The molecule has 116 valence electrons. The van der Waals surface area contributed by atoms with Crippen molar-refractivity contribution in [1.82, 2.24) is 20.4 Å². The predicted octanol–water partition coefficient (Wildman–Crippen LogP) is 2.80. The van der Waals surface area contributed by atoms with Crippen molar-refractivity contribution in [2.75, 3.05) is 13.1 Å². The molecule has 2 aromatic rings. The van der Waals surface area contributed by atoms with Crippen molar-refractivity contribution < 1.29 is 4.52 Å². The molecule has 0 aromatic carbocycles. The molecule has 0 spiro atoms. The first kappa shape index (κ1) is 13.9. The molecular formula is C17H22N4O. The minimum Gasteiger partial charge on any atom is -0.339 e. The maximum absolute atomic E-state index is 5.52. The zero-order valence-electron chi connectivity index (χ0n) is 13.0. The number of hydrogen-bond acceptors (Lipinski definition) is 5. The molecule has 2 aromatic heterocycles. The fourth-order valence-electron chi connectivity index (χ4n) is 3.60. The molecule has 2 atom stereocenters. The number of hydrogen-bond donors (Lipinski definition) is 1. The molecule has 0 radical (unpaired) electrons. The van der Waals surface area contributed by atoms with Crippen molar-refractivity contribution >= 4 is 0 Å². The molecule has 2 fully saturated rings. The first-order valence-electron chi connectivity index (χ1n) is 8.34. The van der Waals surface area contributed by atoms with Crippen LogP contribution in [0.5, 0.6) is 0 Å². The maximum atomic E-state index is 5.52. The molecule has 0 amide bonds. The molecule has 1 aliphatic heterocycles. The first-order chi connectivity index (χ1) is 10.8. The molecule has 22 heavy (non-hydrogen) atoms. The summed E-state index contributed by atoms with van der Waals surface area (Å²) in [5, 5.41) is 7.57. The highest BCUT2D eigenvalue weighted by Crippen LogP contribution is 2.53. The smallest absolute Gasteiger partial charge is 0.230 e. The Morgan fingerprint density at radius 3 is 3.00 bits per heavy atom. The average Bonchev–Trinajstić information content (AvgIpc) is 3.24. The monoisotopic (exact) mass is 298 g/mol. The van der Waals surface area contributed by atoms with Crippen LogP contribution in [0.2, 0.25) is 0 Å². The minimum absolute atomic E-state index is 0.471. The zero-order valence-corrected chi connectivity index (χ0v) is 13.0. The molecule has 0 unspecified atom stereocenters. The van der Waals surface area contributed by atoms with E-state index in [0.717, 1.165) is 42.9 Å². The molecule has 5 heteroatoms. The van der Waals surface area contributed by atoms with Crippen LogP contribution in [-0.4, -0.2) is 28.2 Å². The highest BCUT2D eigenvalue weighted by atomic mass is 16.5. The summed E-state index contributed by atoms with van der Waals surface area (Å²) in [4.78, 5) is 8.97. The van der Waals surface area contributed by atoms with Crippen molar-refractivity contribution in [3.05, 3.63) is 29.8 Å². The lowest BCUT2D eigenvalue weighted by molar-refractivity contribution is 0.317. The van der Waals surface area contributed by atoms with Gasteiger partial charge < -0.3 is 9.84 Å². The Kier molecular flexibility index (Phi) is 3.66. The van der Waals surface area contributed by atoms with Gasteiger partial charge in [0, 0.05) is 12.1 Å². The molecule has 2 aliphatic rings. The zero-order chi connectivity index (χ0) is 14.9. The van der Waals surface area contributed by atoms with Gasteiger partial charge in [-0.25, -0.2) is 0 Å². The Labute approximate surface area is 130 Å². The second-order valence-electron chi connectivity index (χ2n) is 6.45. The highest BCUT2D eigenvalue weighted by molar-refractivity contribution is 5.49. The summed E-state index contributed by atoms with van der Waals surface area (Å²) >= 11 is 0. The van der Waals surface area contributed by atoms with Crippen LogP contribution in [0.15, 0.2) is 22.9 Å². The van der Waals surface area contributed by atoms with E-state index in [9.17, 15) is 0 Å². The van der Waals surface area contributed by atoms with Gasteiger partial charge in [0.05, 0.1) is 0 Å². The van der Waals surface area contributed by atoms with Gasteiger partial charge in [0.25, 0.3) is 0 Å². The van der Waals surface area contributed by atoms with Crippen molar-refractivity contribution in [1.29, 1.82) is 0 Å². The minimum atomic E-state index is 0.471. The van der Waals surface area contributed by atoms with Crippen LogP contribution in [0, 0.1) is 11.8 Å². The Balaban J connectivity index is 1.48. The molecule has 3 heterocycles. The quantitative estimate of drug-likeness (QED) is 0.940. The summed E-state index contributed by atoms with van der Waals surface area (Å²) < 4.78 is 5.52. The van der Waals surface area contributed by atoms with Crippen molar-refractivity contribution in [3.8, 4) is 11.5 Å². The fraction of sp³-hybridized carbons (Fsp3) is 0.588. The lowest BCUT2D eigenvalue weighted by Gasteiger charge is -2.22. The molecule has 4 rings (SSSR count). The van der Waals surface area contributed by atoms with E-state index in [1.165, 1.54) is 24.8 Å². The third-order valence-corrected chi connectivity index (χ3v) is 5.05. The topological polar surface area (TPSA) is 63.8 Å². The van der Waals surface area contributed by atoms with Gasteiger partial charge in [-0.1, -0.05) is 12.1 Å². The summed E-state index contributed by atoms with van der Waals surface area (Å²) in [6.45, 7) is 4.43. The van der Waals surface area contributed by atoms with E-state index in [0.29, 0.717) is 11.7 Å². The van der Waals surface area contributed by atoms with Crippen LogP contribution in [0.25, 0.3) is 11.5 Å². The lowest BCUT2D eigenvalue weighted by atomic mass is 9.92. The highest BCUT2D eigenvalue weighted by Gasteiger charge is 2.47. The second kappa shape index (κ2) is 5.80. The Bertz CT molecular complexity index is 648. The SMILES string of the molecule is CCc1ccnc(-c2noc([C@@H]3C[C@H]3C3CCNCC3)n2)c1. The van der Waals surface area contributed by atoms with Gasteiger partial charge >= 0.3 is 0 Å². The summed E-state index contributed by atoms with van der Waals surface area (Å²) in [5.74, 6) is 3.47. The third-order valence-electron chi connectivity index (χ3n) is 5.05.